The van der Waals surface area contributed by atoms with Gasteiger partial charge < -0.3 is 30.1 Å². The molecule has 2 aliphatic carbocycles. The second-order valence-electron chi connectivity index (χ2n) is 14.2. The molecular weight excluding hydrogens is 675 g/mol. The Morgan fingerprint density at radius 1 is 0.902 bits per heavy atom. The van der Waals surface area contributed by atoms with Crippen LogP contribution in [0.25, 0.3) is 21.6 Å². The van der Waals surface area contributed by atoms with Gasteiger partial charge in [0.25, 0.3) is 5.78 Å². The maximum Gasteiger partial charge on any atom is 0.408 e. The summed E-state index contributed by atoms with van der Waals surface area (Å²) in [5.41, 5.74) is 0.321. The van der Waals surface area contributed by atoms with E-state index in [0.717, 1.165) is 56.2 Å². The summed E-state index contributed by atoms with van der Waals surface area (Å²) in [5, 5.41) is 17.2. The van der Waals surface area contributed by atoms with Gasteiger partial charge in [0.1, 0.15) is 35.5 Å². The minimum absolute atomic E-state index is 0.00549. The molecule has 3 N–H and O–H groups in total. The van der Waals surface area contributed by atoms with Crippen LogP contribution in [0.2, 0.25) is 0 Å². The lowest BCUT2D eigenvalue weighted by Crippen LogP contribution is -2.57. The molecule has 3 amide bonds. The Balaban J connectivity index is 1.19. The fourth-order valence-corrected chi connectivity index (χ4v) is 8.60. The van der Waals surface area contributed by atoms with Gasteiger partial charge in [-0.2, -0.15) is 0 Å². The summed E-state index contributed by atoms with van der Waals surface area (Å²) in [7, 11) is 0. The molecule has 4 aliphatic rings. The van der Waals surface area contributed by atoms with E-state index >= 15 is 0 Å². The van der Waals surface area contributed by atoms with E-state index in [0.29, 0.717) is 36.0 Å². The lowest BCUT2D eigenvalue weighted by Gasteiger charge is -2.29. The van der Waals surface area contributed by atoms with Crippen molar-refractivity contribution in [3.63, 3.8) is 0 Å². The fraction of sp³-hybridized carbons (Fsp3) is 0.541. The summed E-state index contributed by atoms with van der Waals surface area (Å²) < 4.78 is 12.2. The number of hydrogen-bond acceptors (Lipinski definition) is 10. The Bertz CT molecular complexity index is 1800. The molecule has 2 aromatic heterocycles. The predicted molar refractivity (Wildman–Crippen MR) is 187 cm³/mol. The number of carbonyl (C=O) groups excluding carboxylic acids is 4. The smallest absolute Gasteiger partial charge is 0.408 e. The highest BCUT2D eigenvalue weighted by atomic mass is 32.1. The summed E-state index contributed by atoms with van der Waals surface area (Å²) >= 11 is 1.48. The first-order chi connectivity index (χ1) is 24.7. The number of carbonyl (C=O) groups is 5. The number of para-hydroxylation sites is 2. The van der Waals surface area contributed by atoms with Crippen LogP contribution >= 0.6 is 11.3 Å². The zero-order valence-electron chi connectivity index (χ0n) is 28.4. The number of fused-ring (bicyclic) bond motifs is 3. The number of rotatable bonds is 7. The molecule has 2 saturated carbocycles. The maximum absolute atomic E-state index is 14.5. The van der Waals surface area contributed by atoms with Gasteiger partial charge in [0, 0.05) is 6.42 Å². The average molecular weight is 718 g/mol. The van der Waals surface area contributed by atoms with Crippen molar-refractivity contribution in [1.82, 2.24) is 25.5 Å². The van der Waals surface area contributed by atoms with Gasteiger partial charge in [0.05, 0.1) is 22.5 Å². The molecule has 4 heterocycles. The number of aliphatic carboxylic acids is 1. The van der Waals surface area contributed by atoms with Crippen molar-refractivity contribution in [2.45, 2.75) is 113 Å². The minimum Gasteiger partial charge on any atom is -0.475 e. The predicted octanol–water partition coefficient (Wildman–Crippen LogP) is 5.02. The largest absolute Gasteiger partial charge is 0.475 e. The molecule has 0 radical (unpaired) electrons. The quantitative estimate of drug-likeness (QED) is 0.282. The molecule has 1 aromatic carbocycles. The van der Waals surface area contributed by atoms with Gasteiger partial charge >= 0.3 is 12.1 Å². The van der Waals surface area contributed by atoms with Crippen LogP contribution in [0.15, 0.2) is 41.8 Å². The molecule has 5 atom stereocenters. The summed E-state index contributed by atoms with van der Waals surface area (Å²) in [4.78, 5) is 78.5. The van der Waals surface area contributed by atoms with Gasteiger partial charge in [-0.1, -0.05) is 50.3 Å². The van der Waals surface area contributed by atoms with Crippen LogP contribution in [0, 0.1) is 5.92 Å². The number of nitrogens with zero attached hydrogens (tertiary/aromatic N) is 3. The lowest BCUT2D eigenvalue weighted by atomic mass is 10.0. The highest BCUT2D eigenvalue weighted by molar-refractivity contribution is 7.13. The van der Waals surface area contributed by atoms with E-state index in [1.165, 1.54) is 16.2 Å². The third kappa shape index (κ3) is 7.56. The number of Topliss-reactive ketones (excluding diaryl/α,β-unsaturated/α-hetero) is 1. The number of hydrogen-bond donors (Lipinski definition) is 3. The Morgan fingerprint density at radius 2 is 1.61 bits per heavy atom. The normalized spacial score (nSPS) is 27.4. The van der Waals surface area contributed by atoms with Gasteiger partial charge in [-0.15, -0.1) is 11.3 Å². The minimum atomic E-state index is -1.60. The molecule has 270 valence electrons. The molecule has 7 rings (SSSR count). The monoisotopic (exact) mass is 717 g/mol. The van der Waals surface area contributed by atoms with Crippen molar-refractivity contribution >= 4 is 52.0 Å². The van der Waals surface area contributed by atoms with Gasteiger partial charge in [-0.05, 0) is 74.4 Å². The van der Waals surface area contributed by atoms with E-state index in [9.17, 15) is 29.1 Å². The first kappa shape index (κ1) is 34.8. The number of ether oxygens (including phenoxy) is 2. The van der Waals surface area contributed by atoms with E-state index in [-0.39, 0.29) is 37.3 Å². The van der Waals surface area contributed by atoms with Crippen LogP contribution in [0.4, 0.5) is 4.79 Å². The van der Waals surface area contributed by atoms with E-state index in [4.69, 9.17) is 19.4 Å². The molecule has 51 heavy (non-hydrogen) atoms. The fourth-order valence-electron chi connectivity index (χ4n) is 7.89. The van der Waals surface area contributed by atoms with Crippen LogP contribution in [0.1, 0.15) is 83.5 Å². The number of amides is 3. The molecule has 2 aliphatic heterocycles. The van der Waals surface area contributed by atoms with Gasteiger partial charge in [0.2, 0.25) is 17.7 Å². The molecule has 2 unspecified atom stereocenters. The zero-order chi connectivity index (χ0) is 35.5. The van der Waals surface area contributed by atoms with E-state index < -0.39 is 53.4 Å². The third-order valence-corrected chi connectivity index (χ3v) is 11.6. The molecule has 14 heteroatoms. The molecule has 3 aromatic rings. The summed E-state index contributed by atoms with van der Waals surface area (Å²) in [5.74, 6) is -3.78. The standard InChI is InChI=1S/C37H43N5O8S/c43-31(35(46)47)37-20-22(37)11-4-2-1-3-5-16-27(40-36(48)50-23-12-6-7-13-23)34(45)42-21-24(19-28(42)32(44)41-37)49-33-30(29-17-10-18-51-29)38-25-14-8-9-15-26(25)39-33/h8-10,14-15,17-18,22-24,27-28H,1-7,11-13,16,19-21H2,(H,40,48)(H,41,44)(H,46,47)/t22?,24-,27+,28+,37?/m1/s1. The van der Waals surface area contributed by atoms with Crippen molar-refractivity contribution < 1.29 is 38.6 Å². The van der Waals surface area contributed by atoms with Crippen molar-refractivity contribution in [2.75, 3.05) is 6.54 Å². The van der Waals surface area contributed by atoms with Crippen LogP contribution in [0.3, 0.4) is 0 Å². The summed E-state index contributed by atoms with van der Waals surface area (Å²) in [6.07, 6.45) is 7.26. The Labute approximate surface area is 299 Å². The van der Waals surface area contributed by atoms with Crippen molar-refractivity contribution in [1.29, 1.82) is 0 Å². The first-order valence-corrected chi connectivity index (χ1v) is 18.9. The third-order valence-electron chi connectivity index (χ3n) is 10.7. The number of nitrogens with one attached hydrogen (secondary N) is 2. The van der Waals surface area contributed by atoms with Crippen LogP contribution in [-0.2, 0) is 23.9 Å². The number of aromatic nitrogens is 2. The number of alkyl carbamates (subject to hydrolysis) is 1. The Kier molecular flexibility index (Phi) is 10.2. The number of ketones is 1. The van der Waals surface area contributed by atoms with E-state index in [1.807, 2.05) is 41.8 Å². The maximum atomic E-state index is 14.5. The summed E-state index contributed by atoms with van der Waals surface area (Å²) in [6.45, 7) is -0.00549. The molecule has 0 bridgehead atoms. The second-order valence-corrected chi connectivity index (χ2v) is 15.1. The van der Waals surface area contributed by atoms with Crippen LogP contribution in [0.5, 0.6) is 5.88 Å². The highest BCUT2D eigenvalue weighted by Gasteiger charge is 2.63. The van der Waals surface area contributed by atoms with Gasteiger partial charge in [0.15, 0.2) is 0 Å². The first-order valence-electron chi connectivity index (χ1n) is 18.1. The van der Waals surface area contributed by atoms with E-state index in [1.54, 1.807) is 0 Å². The highest BCUT2D eigenvalue weighted by Crippen LogP contribution is 2.48. The van der Waals surface area contributed by atoms with Crippen molar-refractivity contribution in [3.05, 3.63) is 41.8 Å². The van der Waals surface area contributed by atoms with Crippen LogP contribution < -0.4 is 15.4 Å². The lowest BCUT2D eigenvalue weighted by molar-refractivity contribution is -0.151. The van der Waals surface area contributed by atoms with Crippen LogP contribution in [-0.4, -0.2) is 86.0 Å². The topological polar surface area (TPSA) is 177 Å². The second kappa shape index (κ2) is 14.9. The van der Waals surface area contributed by atoms with Crippen molar-refractivity contribution in [3.8, 4) is 16.5 Å². The number of carboxylic acids is 1. The molecule has 4 fully saturated rings. The molecular formula is C37H43N5O8S. The van der Waals surface area contributed by atoms with Gasteiger partial charge in [-0.3, -0.25) is 14.4 Å². The Hall–Kier alpha value is -4.59. The SMILES string of the molecule is O=C(N[C@H]1CCCCCCCC2CC2(C(=O)C(=O)O)NC(=O)[C@@H]2C[C@@H](Oc3nc4ccccc4nc3-c3cccs3)CN2C1=O)OC1CCCC1. The summed E-state index contributed by atoms with van der Waals surface area (Å²) in [6, 6.07) is 9.19. The molecule has 0 spiro atoms. The zero-order valence-corrected chi connectivity index (χ0v) is 29.2. The molecule has 2 saturated heterocycles. The average Bonchev–Trinajstić information content (AvgIpc) is 3.62. The Morgan fingerprint density at radius 3 is 2.33 bits per heavy atom. The van der Waals surface area contributed by atoms with E-state index in [2.05, 4.69) is 10.6 Å². The van der Waals surface area contributed by atoms with Gasteiger partial charge in [-0.25, -0.2) is 19.6 Å². The van der Waals surface area contributed by atoms with Crippen molar-refractivity contribution in [2.24, 2.45) is 5.92 Å². The number of benzene rings is 1. The number of carboxylic acid groups (broad SMARTS) is 1. The molecule has 13 nitrogen and oxygen atoms in total. The number of thiophene rings is 1.